The van der Waals surface area contributed by atoms with E-state index in [1.807, 2.05) is 38.9 Å². The normalized spacial score (nSPS) is 22.9. The lowest BCUT2D eigenvalue weighted by molar-refractivity contribution is -0.00713. The Kier molecular flexibility index (Phi) is 4.10. The molecule has 2 aliphatic heterocycles. The molecule has 0 saturated carbocycles. The van der Waals surface area contributed by atoms with Crippen LogP contribution in [0.4, 0.5) is 0 Å². The van der Waals surface area contributed by atoms with Gasteiger partial charge >= 0.3 is 0 Å². The average molecular weight is 357 g/mol. The number of rotatable bonds is 2. The molecule has 1 amide bonds. The van der Waals surface area contributed by atoms with Gasteiger partial charge in [-0.05, 0) is 36.3 Å². The highest BCUT2D eigenvalue weighted by atomic mass is 16.5. The lowest BCUT2D eigenvalue weighted by Gasteiger charge is -2.28. The number of ether oxygens (including phenoxy) is 1. The van der Waals surface area contributed by atoms with Crippen molar-refractivity contribution in [3.63, 3.8) is 0 Å². The minimum absolute atomic E-state index is 0.0222. The van der Waals surface area contributed by atoms with Gasteiger partial charge in [0, 0.05) is 39.2 Å². The predicted molar refractivity (Wildman–Crippen MR) is 93.2 cm³/mol. The topological polar surface area (TPSA) is 91.0 Å². The van der Waals surface area contributed by atoms with Crippen molar-refractivity contribution < 1.29 is 9.53 Å². The van der Waals surface area contributed by atoms with Gasteiger partial charge < -0.3 is 9.64 Å². The maximum atomic E-state index is 13.2. The third-order valence-corrected chi connectivity index (χ3v) is 5.10. The van der Waals surface area contributed by atoms with Gasteiger partial charge in [-0.25, -0.2) is 4.68 Å². The Morgan fingerprint density at radius 2 is 2.08 bits per heavy atom. The summed E-state index contributed by atoms with van der Waals surface area (Å²) >= 11 is 0. The van der Waals surface area contributed by atoms with Crippen molar-refractivity contribution in [3.05, 3.63) is 28.9 Å². The molecule has 9 heteroatoms. The number of amides is 1. The Labute approximate surface area is 151 Å². The summed E-state index contributed by atoms with van der Waals surface area (Å²) in [6, 6.07) is 0. The van der Waals surface area contributed by atoms with Gasteiger partial charge in [0.1, 0.15) is 5.69 Å². The van der Waals surface area contributed by atoms with Crippen molar-refractivity contribution in [2.24, 2.45) is 14.1 Å². The first kappa shape index (κ1) is 16.9. The summed E-state index contributed by atoms with van der Waals surface area (Å²) in [6.45, 7) is 5.20. The van der Waals surface area contributed by atoms with E-state index in [2.05, 4.69) is 20.6 Å². The summed E-state index contributed by atoms with van der Waals surface area (Å²) in [5, 5.41) is 16.2. The number of nitrogens with zero attached hydrogens (tertiary/aromatic N) is 7. The van der Waals surface area contributed by atoms with Crippen molar-refractivity contribution in [1.29, 1.82) is 0 Å². The van der Waals surface area contributed by atoms with Gasteiger partial charge in [0.25, 0.3) is 5.91 Å². The fraction of sp³-hybridized carbons (Fsp3) is 0.588. The molecule has 9 nitrogen and oxygen atoms in total. The van der Waals surface area contributed by atoms with Gasteiger partial charge in [0.2, 0.25) is 0 Å². The van der Waals surface area contributed by atoms with Crippen molar-refractivity contribution in [2.75, 3.05) is 13.1 Å². The number of hydrogen-bond acceptors (Lipinski definition) is 6. The lowest BCUT2D eigenvalue weighted by Crippen LogP contribution is -2.37. The second-order valence-electron chi connectivity index (χ2n) is 6.99. The molecule has 138 valence electrons. The highest BCUT2D eigenvalue weighted by molar-refractivity contribution is 5.95. The summed E-state index contributed by atoms with van der Waals surface area (Å²) in [5.41, 5.74) is 3.66. The minimum atomic E-state index is -0.0854. The van der Waals surface area contributed by atoms with Crippen LogP contribution >= 0.6 is 0 Å². The fourth-order valence-electron chi connectivity index (χ4n) is 3.84. The average Bonchev–Trinajstić information content (AvgIpc) is 3.17. The molecule has 26 heavy (non-hydrogen) atoms. The molecule has 2 aromatic rings. The van der Waals surface area contributed by atoms with Crippen LogP contribution in [0.25, 0.3) is 5.57 Å². The zero-order chi connectivity index (χ0) is 18.4. The number of carbonyl (C=O) groups is 1. The molecule has 0 spiro atoms. The lowest BCUT2D eigenvalue weighted by atomic mass is 9.98. The summed E-state index contributed by atoms with van der Waals surface area (Å²) in [4.78, 5) is 15.0. The van der Waals surface area contributed by atoms with Crippen molar-refractivity contribution in [1.82, 2.24) is 34.9 Å². The second-order valence-corrected chi connectivity index (χ2v) is 6.99. The highest BCUT2D eigenvalue weighted by Gasteiger charge is 2.33. The molecule has 2 aliphatic rings. The molecule has 0 aliphatic carbocycles. The van der Waals surface area contributed by atoms with Crippen LogP contribution in [0, 0.1) is 0 Å². The molecule has 4 rings (SSSR count). The van der Waals surface area contributed by atoms with Gasteiger partial charge in [0.15, 0.2) is 5.82 Å². The zero-order valence-electron chi connectivity index (χ0n) is 15.5. The summed E-state index contributed by atoms with van der Waals surface area (Å²) in [5.74, 6) is 0.781. The Bertz CT molecular complexity index is 882. The van der Waals surface area contributed by atoms with Gasteiger partial charge in [-0.1, -0.05) is 6.08 Å². The Morgan fingerprint density at radius 3 is 2.73 bits per heavy atom. The minimum Gasteiger partial charge on any atom is -0.369 e. The van der Waals surface area contributed by atoms with E-state index in [-0.39, 0.29) is 18.1 Å². The molecule has 0 fully saturated rings. The predicted octanol–water partition coefficient (Wildman–Crippen LogP) is 0.895. The fourth-order valence-corrected chi connectivity index (χ4v) is 3.84. The third-order valence-electron chi connectivity index (χ3n) is 5.10. The van der Waals surface area contributed by atoms with Gasteiger partial charge in [0.05, 0.1) is 17.9 Å². The molecule has 0 bridgehead atoms. The molecule has 4 heterocycles. The van der Waals surface area contributed by atoms with E-state index in [9.17, 15) is 4.79 Å². The van der Waals surface area contributed by atoms with Gasteiger partial charge in [-0.2, -0.15) is 5.10 Å². The molecule has 2 atom stereocenters. The number of tetrazole rings is 1. The molecule has 0 aromatic carbocycles. The maximum Gasteiger partial charge on any atom is 0.272 e. The van der Waals surface area contributed by atoms with E-state index >= 15 is 0 Å². The highest BCUT2D eigenvalue weighted by Crippen LogP contribution is 2.32. The maximum absolute atomic E-state index is 13.2. The standard InChI is InChI=1S/C17H23N7O2/c1-10-9-13-14(11(2)26-10)19-22(3)15(13)17(25)24-7-5-12(6-8-24)16-18-20-21-23(16)4/h5,10-11H,6-9H2,1-4H3/t10-,11+/m1/s1. The number of hydrogen-bond donors (Lipinski definition) is 0. The monoisotopic (exact) mass is 357 g/mol. The van der Waals surface area contributed by atoms with E-state index < -0.39 is 0 Å². The largest absolute Gasteiger partial charge is 0.369 e. The molecule has 0 unspecified atom stereocenters. The van der Waals surface area contributed by atoms with Crippen LogP contribution in [-0.2, 0) is 25.3 Å². The Morgan fingerprint density at radius 1 is 1.27 bits per heavy atom. The van der Waals surface area contributed by atoms with Gasteiger partial charge in [-0.3, -0.25) is 9.48 Å². The van der Waals surface area contributed by atoms with Crippen molar-refractivity contribution in [2.45, 2.75) is 38.9 Å². The zero-order valence-corrected chi connectivity index (χ0v) is 15.5. The SMILES string of the molecule is C[C@@H]1Cc2c(nn(C)c2C(=O)N2CC=C(c3nnnn3C)CC2)[C@H](C)O1. The Balaban J connectivity index is 1.58. The Hall–Kier alpha value is -2.55. The third kappa shape index (κ3) is 2.72. The number of aryl methyl sites for hydroxylation is 2. The quantitative estimate of drug-likeness (QED) is 0.793. The smallest absolute Gasteiger partial charge is 0.272 e. The van der Waals surface area contributed by atoms with E-state index in [0.29, 0.717) is 25.2 Å². The first-order chi connectivity index (χ1) is 12.5. The van der Waals surface area contributed by atoms with E-state index in [1.54, 1.807) is 9.36 Å². The molecular formula is C17H23N7O2. The van der Waals surface area contributed by atoms with Crippen molar-refractivity contribution >= 4 is 11.5 Å². The molecule has 0 saturated heterocycles. The molecule has 2 aromatic heterocycles. The van der Waals surface area contributed by atoms with Crippen LogP contribution < -0.4 is 0 Å². The van der Waals surface area contributed by atoms with E-state index in [1.165, 1.54) is 0 Å². The van der Waals surface area contributed by atoms with E-state index in [0.717, 1.165) is 29.1 Å². The van der Waals surface area contributed by atoms with Crippen LogP contribution in [0.2, 0.25) is 0 Å². The first-order valence-electron chi connectivity index (χ1n) is 8.88. The summed E-state index contributed by atoms with van der Waals surface area (Å²) in [7, 11) is 3.65. The summed E-state index contributed by atoms with van der Waals surface area (Å²) < 4.78 is 9.20. The first-order valence-corrected chi connectivity index (χ1v) is 8.88. The van der Waals surface area contributed by atoms with Crippen LogP contribution in [0.5, 0.6) is 0 Å². The van der Waals surface area contributed by atoms with Crippen LogP contribution in [0.1, 0.15) is 53.9 Å². The molecule has 0 radical (unpaired) electrons. The number of fused-ring (bicyclic) bond motifs is 1. The van der Waals surface area contributed by atoms with Crippen LogP contribution in [0.3, 0.4) is 0 Å². The number of aromatic nitrogens is 6. The summed E-state index contributed by atoms with van der Waals surface area (Å²) in [6.07, 6.45) is 3.48. The van der Waals surface area contributed by atoms with E-state index in [4.69, 9.17) is 4.74 Å². The van der Waals surface area contributed by atoms with Crippen LogP contribution in [0.15, 0.2) is 6.08 Å². The van der Waals surface area contributed by atoms with Crippen LogP contribution in [-0.4, -0.2) is 60.0 Å². The molecule has 0 N–H and O–H groups in total. The van der Waals surface area contributed by atoms with Gasteiger partial charge in [-0.15, -0.1) is 5.10 Å². The van der Waals surface area contributed by atoms with Crippen molar-refractivity contribution in [3.8, 4) is 0 Å². The molecular weight excluding hydrogens is 334 g/mol. The second kappa shape index (κ2) is 6.31. The number of carbonyl (C=O) groups excluding carboxylic acids is 1.